The van der Waals surface area contributed by atoms with Crippen LogP contribution in [-0.4, -0.2) is 32.9 Å². The first-order chi connectivity index (χ1) is 13.8. The molecule has 3 rings (SSSR count). The average molecular weight is 401 g/mol. The molecule has 29 heavy (non-hydrogen) atoms. The molecule has 1 aromatic heterocycles. The van der Waals surface area contributed by atoms with E-state index in [0.717, 1.165) is 31.6 Å². The van der Waals surface area contributed by atoms with Crippen LogP contribution in [0.15, 0.2) is 29.1 Å². The highest BCUT2D eigenvalue weighted by Gasteiger charge is 2.18. The second-order valence-electron chi connectivity index (χ2n) is 8.71. The minimum absolute atomic E-state index is 0.0403. The molecule has 7 heteroatoms. The van der Waals surface area contributed by atoms with Crippen molar-refractivity contribution in [3.63, 3.8) is 0 Å². The molecular formula is C22H32N4O3. The smallest absolute Gasteiger partial charge is 0.345 e. The summed E-state index contributed by atoms with van der Waals surface area (Å²) in [6, 6.07) is 7.86. The second kappa shape index (κ2) is 8.84. The van der Waals surface area contributed by atoms with Gasteiger partial charge in [-0.3, -0.25) is 9.36 Å². The normalized spacial score (nSPS) is 14.9. The van der Waals surface area contributed by atoms with Gasteiger partial charge < -0.3 is 10.1 Å². The topological polar surface area (TPSA) is 78.2 Å². The molecule has 1 aromatic carbocycles. The molecule has 0 saturated heterocycles. The van der Waals surface area contributed by atoms with Crippen molar-refractivity contribution in [2.24, 2.45) is 0 Å². The predicted molar refractivity (Wildman–Crippen MR) is 112 cm³/mol. The molecule has 7 nitrogen and oxygen atoms in total. The van der Waals surface area contributed by atoms with Gasteiger partial charge in [0.2, 0.25) is 0 Å². The molecule has 0 saturated carbocycles. The number of benzene rings is 1. The zero-order valence-corrected chi connectivity index (χ0v) is 17.9. The lowest BCUT2D eigenvalue weighted by Crippen LogP contribution is -2.37. The first-order valence-corrected chi connectivity index (χ1v) is 10.5. The maximum Gasteiger partial charge on any atom is 0.345 e. The number of carbonyl (C=O) groups is 1. The Morgan fingerprint density at radius 1 is 1.24 bits per heavy atom. The third-order valence-electron chi connectivity index (χ3n) is 5.28. The van der Waals surface area contributed by atoms with Crippen LogP contribution in [0.5, 0.6) is 5.75 Å². The Morgan fingerprint density at radius 2 is 1.97 bits per heavy atom. The summed E-state index contributed by atoms with van der Waals surface area (Å²) in [6.45, 7) is 9.95. The Bertz CT molecular complexity index is 890. The number of amides is 1. The van der Waals surface area contributed by atoms with Crippen LogP contribution in [0.2, 0.25) is 0 Å². The third-order valence-corrected chi connectivity index (χ3v) is 5.28. The van der Waals surface area contributed by atoms with Crippen LogP contribution in [0.4, 0.5) is 0 Å². The fraction of sp³-hybridized carbons (Fsp3) is 0.591. The molecule has 1 unspecified atom stereocenters. The van der Waals surface area contributed by atoms with Gasteiger partial charge in [0.05, 0.1) is 0 Å². The number of aromatic nitrogens is 3. The van der Waals surface area contributed by atoms with Crippen LogP contribution >= 0.6 is 0 Å². The summed E-state index contributed by atoms with van der Waals surface area (Å²) < 4.78 is 9.03. The van der Waals surface area contributed by atoms with Crippen molar-refractivity contribution in [2.45, 2.75) is 78.0 Å². The highest BCUT2D eigenvalue weighted by atomic mass is 16.5. The van der Waals surface area contributed by atoms with Gasteiger partial charge in [-0.2, -0.15) is 5.10 Å². The summed E-state index contributed by atoms with van der Waals surface area (Å²) in [5.74, 6) is 1.39. The van der Waals surface area contributed by atoms with Gasteiger partial charge in [-0.05, 0) is 49.3 Å². The Balaban J connectivity index is 1.43. The molecule has 1 aliphatic heterocycles. The fourth-order valence-corrected chi connectivity index (χ4v) is 3.47. The molecule has 2 aromatic rings. The van der Waals surface area contributed by atoms with Gasteiger partial charge in [-0.25, -0.2) is 9.48 Å². The summed E-state index contributed by atoms with van der Waals surface area (Å²) >= 11 is 0. The lowest BCUT2D eigenvalue weighted by atomic mass is 9.87. The van der Waals surface area contributed by atoms with Crippen molar-refractivity contribution in [1.82, 2.24) is 19.7 Å². The number of fused-ring (bicyclic) bond motifs is 1. The Hall–Kier alpha value is -2.57. The minimum Gasteiger partial charge on any atom is -0.481 e. The largest absolute Gasteiger partial charge is 0.481 e. The number of carbonyl (C=O) groups excluding carboxylic acids is 1. The number of ether oxygens (including phenoxy) is 1. The van der Waals surface area contributed by atoms with E-state index in [1.54, 1.807) is 11.5 Å². The van der Waals surface area contributed by atoms with Crippen molar-refractivity contribution >= 4 is 5.91 Å². The number of nitrogens with one attached hydrogen (secondary N) is 1. The molecule has 0 spiro atoms. The monoisotopic (exact) mass is 400 g/mol. The molecule has 2 heterocycles. The van der Waals surface area contributed by atoms with Gasteiger partial charge in [0.25, 0.3) is 5.91 Å². The zero-order valence-electron chi connectivity index (χ0n) is 17.9. The molecule has 158 valence electrons. The van der Waals surface area contributed by atoms with E-state index in [4.69, 9.17) is 4.74 Å². The number of hydrogen-bond acceptors (Lipinski definition) is 4. The highest BCUT2D eigenvalue weighted by Crippen LogP contribution is 2.24. The van der Waals surface area contributed by atoms with E-state index in [9.17, 15) is 9.59 Å². The van der Waals surface area contributed by atoms with E-state index in [0.29, 0.717) is 25.3 Å². The van der Waals surface area contributed by atoms with Crippen LogP contribution in [-0.2, 0) is 29.7 Å². The SMILES string of the molecule is CC(Oc1ccc(C(C)(C)C)cc1)C(=O)NCCCn1nc2n(c1=O)CCCC2. The van der Waals surface area contributed by atoms with Gasteiger partial charge in [0.15, 0.2) is 6.10 Å². The van der Waals surface area contributed by atoms with Gasteiger partial charge in [0, 0.05) is 26.1 Å². The highest BCUT2D eigenvalue weighted by molar-refractivity contribution is 5.80. The molecular weight excluding hydrogens is 368 g/mol. The Kier molecular flexibility index (Phi) is 6.45. The van der Waals surface area contributed by atoms with Crippen molar-refractivity contribution in [1.29, 1.82) is 0 Å². The molecule has 1 aliphatic rings. The lowest BCUT2D eigenvalue weighted by molar-refractivity contribution is -0.127. The fourth-order valence-electron chi connectivity index (χ4n) is 3.47. The van der Waals surface area contributed by atoms with Crippen LogP contribution in [0.1, 0.15) is 58.3 Å². The molecule has 0 aliphatic carbocycles. The lowest BCUT2D eigenvalue weighted by Gasteiger charge is -2.20. The van der Waals surface area contributed by atoms with Crippen molar-refractivity contribution in [3.8, 4) is 5.75 Å². The molecule has 0 fully saturated rings. The molecule has 0 bridgehead atoms. The average Bonchev–Trinajstić information content (AvgIpc) is 3.01. The van der Waals surface area contributed by atoms with Gasteiger partial charge in [-0.1, -0.05) is 32.9 Å². The standard InChI is InChI=1S/C22H32N4O3/c1-16(29-18-11-9-17(10-12-18)22(2,3)4)20(27)23-13-7-15-26-21(28)25-14-6-5-8-19(25)24-26/h9-12,16H,5-8,13-15H2,1-4H3,(H,23,27). The van der Waals surface area contributed by atoms with Crippen molar-refractivity contribution in [2.75, 3.05) is 6.54 Å². The van der Waals surface area contributed by atoms with E-state index in [-0.39, 0.29) is 17.0 Å². The Morgan fingerprint density at radius 3 is 2.62 bits per heavy atom. The first kappa shape index (κ1) is 21.1. The van der Waals surface area contributed by atoms with E-state index in [2.05, 4.69) is 31.2 Å². The molecule has 0 radical (unpaired) electrons. The summed E-state index contributed by atoms with van der Waals surface area (Å²) in [5.41, 5.74) is 1.26. The minimum atomic E-state index is -0.585. The van der Waals surface area contributed by atoms with E-state index in [1.807, 2.05) is 24.3 Å². The van der Waals surface area contributed by atoms with Gasteiger partial charge in [0.1, 0.15) is 11.6 Å². The van der Waals surface area contributed by atoms with Crippen LogP contribution < -0.4 is 15.7 Å². The quantitative estimate of drug-likeness (QED) is 0.725. The van der Waals surface area contributed by atoms with E-state index >= 15 is 0 Å². The maximum absolute atomic E-state index is 12.3. The van der Waals surface area contributed by atoms with E-state index in [1.165, 1.54) is 10.2 Å². The summed E-state index contributed by atoms with van der Waals surface area (Å²) in [6.07, 6.45) is 3.05. The third kappa shape index (κ3) is 5.28. The number of hydrogen-bond donors (Lipinski definition) is 1. The first-order valence-electron chi connectivity index (χ1n) is 10.5. The molecule has 1 N–H and O–H groups in total. The van der Waals surface area contributed by atoms with E-state index < -0.39 is 6.10 Å². The molecule has 1 amide bonds. The number of nitrogens with zero attached hydrogens (tertiary/aromatic N) is 3. The van der Waals surface area contributed by atoms with Crippen LogP contribution in [0.3, 0.4) is 0 Å². The van der Waals surface area contributed by atoms with Crippen molar-refractivity contribution < 1.29 is 9.53 Å². The van der Waals surface area contributed by atoms with Gasteiger partial charge >= 0.3 is 5.69 Å². The number of rotatable bonds is 7. The maximum atomic E-state index is 12.3. The molecule has 1 atom stereocenters. The predicted octanol–water partition coefficient (Wildman–Crippen LogP) is 2.65. The second-order valence-corrected chi connectivity index (χ2v) is 8.71. The zero-order chi connectivity index (χ0) is 21.0. The van der Waals surface area contributed by atoms with Gasteiger partial charge in [-0.15, -0.1) is 0 Å². The van der Waals surface area contributed by atoms with Crippen LogP contribution in [0, 0.1) is 0 Å². The summed E-state index contributed by atoms with van der Waals surface area (Å²) in [7, 11) is 0. The Labute approximate surface area is 172 Å². The summed E-state index contributed by atoms with van der Waals surface area (Å²) in [5, 5.41) is 7.29. The van der Waals surface area contributed by atoms with Crippen LogP contribution in [0.25, 0.3) is 0 Å². The summed E-state index contributed by atoms with van der Waals surface area (Å²) in [4.78, 5) is 24.6. The van der Waals surface area contributed by atoms with Crippen molar-refractivity contribution in [3.05, 3.63) is 46.1 Å². The number of aryl methyl sites for hydroxylation is 2.